The van der Waals surface area contributed by atoms with E-state index in [-0.39, 0.29) is 11.7 Å². The normalized spacial score (nSPS) is 11.9. The number of carbonyl (C=O) groups is 1. The van der Waals surface area contributed by atoms with E-state index in [0.29, 0.717) is 5.69 Å². The molecule has 0 aliphatic heterocycles. The van der Waals surface area contributed by atoms with Crippen LogP contribution in [0.25, 0.3) is 0 Å². The van der Waals surface area contributed by atoms with E-state index in [1.54, 1.807) is 19.1 Å². The molecule has 0 spiro atoms. The van der Waals surface area contributed by atoms with Crippen molar-refractivity contribution in [2.75, 3.05) is 11.9 Å². The first kappa shape index (κ1) is 11.7. The lowest BCUT2D eigenvalue weighted by Crippen LogP contribution is -2.34. The topological polar surface area (TPSA) is 74.2 Å². The lowest BCUT2D eigenvalue weighted by Gasteiger charge is -2.09. The number of hydrogen-bond donors (Lipinski definition) is 3. The highest BCUT2D eigenvalue weighted by atomic mass is 35.5. The van der Waals surface area contributed by atoms with Crippen molar-refractivity contribution in [3.05, 3.63) is 23.5 Å². The summed E-state index contributed by atoms with van der Waals surface area (Å²) < 4.78 is 0. The number of aromatic nitrogens is 1. The van der Waals surface area contributed by atoms with E-state index in [0.717, 1.165) is 0 Å². The Balaban J connectivity index is 2.48. The van der Waals surface area contributed by atoms with Crippen LogP contribution in [0.15, 0.2) is 18.3 Å². The number of aliphatic hydroxyl groups excluding tert-OH is 1. The van der Waals surface area contributed by atoms with Crippen molar-refractivity contribution >= 4 is 23.3 Å². The molecule has 82 valence electrons. The van der Waals surface area contributed by atoms with Crippen molar-refractivity contribution in [2.45, 2.75) is 13.0 Å². The first-order valence-electron chi connectivity index (χ1n) is 4.43. The van der Waals surface area contributed by atoms with Crippen molar-refractivity contribution < 1.29 is 9.90 Å². The summed E-state index contributed by atoms with van der Waals surface area (Å²) in [5.41, 5.74) is 0.433. The number of pyridine rings is 1. The molecule has 0 fully saturated rings. The number of urea groups is 1. The van der Waals surface area contributed by atoms with Crippen molar-refractivity contribution in [1.82, 2.24) is 10.3 Å². The molecule has 0 saturated heterocycles. The van der Waals surface area contributed by atoms with Crippen LogP contribution in [-0.2, 0) is 0 Å². The number of hydrogen-bond acceptors (Lipinski definition) is 3. The Morgan fingerprint density at radius 2 is 2.47 bits per heavy atom. The second-order valence-corrected chi connectivity index (χ2v) is 3.38. The van der Waals surface area contributed by atoms with Crippen molar-refractivity contribution in [3.8, 4) is 0 Å². The minimum atomic E-state index is -0.583. The first-order valence-corrected chi connectivity index (χ1v) is 4.81. The Hall–Kier alpha value is -1.33. The molecule has 3 N–H and O–H groups in total. The average molecular weight is 230 g/mol. The smallest absolute Gasteiger partial charge is 0.319 e. The van der Waals surface area contributed by atoms with Gasteiger partial charge in [-0.2, -0.15) is 0 Å². The maximum Gasteiger partial charge on any atom is 0.319 e. The molecule has 1 heterocycles. The summed E-state index contributed by atoms with van der Waals surface area (Å²) in [6.45, 7) is 1.76. The van der Waals surface area contributed by atoms with Gasteiger partial charge in [-0.1, -0.05) is 11.6 Å². The Kier molecular flexibility index (Phi) is 4.33. The van der Waals surface area contributed by atoms with E-state index in [1.807, 2.05) is 0 Å². The molecule has 1 atom stereocenters. The molecule has 0 aliphatic rings. The van der Waals surface area contributed by atoms with Crippen LogP contribution in [0.5, 0.6) is 0 Å². The highest BCUT2D eigenvalue weighted by Crippen LogP contribution is 2.16. The van der Waals surface area contributed by atoms with Gasteiger partial charge in [-0.15, -0.1) is 0 Å². The summed E-state index contributed by atoms with van der Waals surface area (Å²) in [7, 11) is 0. The molecule has 1 unspecified atom stereocenters. The molecule has 6 heteroatoms. The Bertz CT molecular complexity index is 344. The number of halogens is 1. The summed E-state index contributed by atoms with van der Waals surface area (Å²) in [6, 6.07) is 2.87. The molecule has 0 saturated carbocycles. The minimum absolute atomic E-state index is 0.184. The highest BCUT2D eigenvalue weighted by Gasteiger charge is 2.05. The maximum atomic E-state index is 11.2. The molecular formula is C9H12ClN3O2. The molecule has 15 heavy (non-hydrogen) atoms. The Morgan fingerprint density at radius 1 is 1.73 bits per heavy atom. The average Bonchev–Trinajstić information content (AvgIpc) is 2.18. The van der Waals surface area contributed by atoms with Crippen LogP contribution in [0.1, 0.15) is 6.92 Å². The number of nitrogens with zero attached hydrogens (tertiary/aromatic N) is 1. The number of carbonyl (C=O) groups excluding carboxylic acids is 1. The quantitative estimate of drug-likeness (QED) is 0.683. The van der Waals surface area contributed by atoms with Gasteiger partial charge in [0.15, 0.2) is 5.15 Å². The SMILES string of the molecule is CC(O)CNC(=O)Nc1cccnc1Cl. The summed E-state index contributed by atoms with van der Waals surface area (Å²) in [6.07, 6.45) is 0.946. The summed E-state index contributed by atoms with van der Waals surface area (Å²) in [5, 5.41) is 14.1. The Morgan fingerprint density at radius 3 is 3.07 bits per heavy atom. The van der Waals surface area contributed by atoms with Crippen molar-refractivity contribution in [1.29, 1.82) is 0 Å². The van der Waals surface area contributed by atoms with E-state index in [4.69, 9.17) is 16.7 Å². The van der Waals surface area contributed by atoms with Crippen molar-refractivity contribution in [3.63, 3.8) is 0 Å². The van der Waals surface area contributed by atoms with Gasteiger partial charge in [0.1, 0.15) is 0 Å². The zero-order valence-corrected chi connectivity index (χ0v) is 8.95. The van der Waals surface area contributed by atoms with Gasteiger partial charge in [-0.05, 0) is 19.1 Å². The van der Waals surface area contributed by atoms with Crippen molar-refractivity contribution in [2.24, 2.45) is 0 Å². The lowest BCUT2D eigenvalue weighted by molar-refractivity contribution is 0.190. The van der Waals surface area contributed by atoms with E-state index in [1.165, 1.54) is 6.20 Å². The number of anilines is 1. The summed E-state index contributed by atoms with van der Waals surface area (Å²) in [4.78, 5) is 15.1. The molecule has 5 nitrogen and oxygen atoms in total. The molecule has 1 aromatic rings. The van der Waals surface area contributed by atoms with Gasteiger partial charge < -0.3 is 15.7 Å². The second kappa shape index (κ2) is 5.53. The van der Waals surface area contributed by atoms with E-state index in [2.05, 4.69) is 15.6 Å². The molecule has 1 rings (SSSR count). The molecule has 0 aliphatic carbocycles. The highest BCUT2D eigenvalue weighted by molar-refractivity contribution is 6.32. The fourth-order valence-corrected chi connectivity index (χ4v) is 1.05. The van der Waals surface area contributed by atoms with E-state index >= 15 is 0 Å². The summed E-state index contributed by atoms with van der Waals surface area (Å²) >= 11 is 5.73. The van der Waals surface area contributed by atoms with Crippen LogP contribution in [0, 0.1) is 0 Å². The maximum absolute atomic E-state index is 11.2. The lowest BCUT2D eigenvalue weighted by atomic mass is 10.4. The monoisotopic (exact) mass is 229 g/mol. The van der Waals surface area contributed by atoms with Gasteiger partial charge >= 0.3 is 6.03 Å². The molecular weight excluding hydrogens is 218 g/mol. The van der Waals surface area contributed by atoms with Crippen LogP contribution in [0.4, 0.5) is 10.5 Å². The molecule has 0 aromatic carbocycles. The van der Waals surface area contributed by atoms with Gasteiger partial charge in [-0.25, -0.2) is 9.78 Å². The number of aliphatic hydroxyl groups is 1. The molecule has 1 aromatic heterocycles. The molecule has 0 bridgehead atoms. The number of nitrogens with one attached hydrogen (secondary N) is 2. The third-order valence-corrected chi connectivity index (χ3v) is 1.87. The third kappa shape index (κ3) is 4.14. The predicted molar refractivity (Wildman–Crippen MR) is 57.9 cm³/mol. The molecule has 0 radical (unpaired) electrons. The van der Waals surface area contributed by atoms with Gasteiger partial charge in [0.25, 0.3) is 0 Å². The zero-order valence-electron chi connectivity index (χ0n) is 8.20. The first-order chi connectivity index (χ1) is 7.09. The minimum Gasteiger partial charge on any atom is -0.392 e. The van der Waals surface area contributed by atoms with Gasteiger partial charge in [-0.3, -0.25) is 0 Å². The van der Waals surface area contributed by atoms with Crippen LogP contribution < -0.4 is 10.6 Å². The van der Waals surface area contributed by atoms with E-state index < -0.39 is 12.1 Å². The van der Waals surface area contributed by atoms with Crippen LogP contribution in [0.2, 0.25) is 5.15 Å². The zero-order chi connectivity index (χ0) is 11.3. The van der Waals surface area contributed by atoms with Gasteiger partial charge in [0, 0.05) is 12.7 Å². The summed E-state index contributed by atoms with van der Waals surface area (Å²) in [5.74, 6) is 0. The largest absolute Gasteiger partial charge is 0.392 e. The van der Waals surface area contributed by atoms with Gasteiger partial charge in [0.2, 0.25) is 0 Å². The fraction of sp³-hybridized carbons (Fsp3) is 0.333. The van der Waals surface area contributed by atoms with Crippen LogP contribution in [-0.4, -0.2) is 28.8 Å². The second-order valence-electron chi connectivity index (χ2n) is 3.03. The predicted octanol–water partition coefficient (Wildman–Crippen LogP) is 1.24. The van der Waals surface area contributed by atoms with Crippen LogP contribution >= 0.6 is 11.6 Å². The van der Waals surface area contributed by atoms with Crippen LogP contribution in [0.3, 0.4) is 0 Å². The molecule has 2 amide bonds. The number of rotatable bonds is 3. The van der Waals surface area contributed by atoms with E-state index in [9.17, 15) is 4.79 Å². The number of amides is 2. The Labute approximate surface area is 92.5 Å². The fourth-order valence-electron chi connectivity index (χ4n) is 0.886. The van der Waals surface area contributed by atoms with Gasteiger partial charge in [0.05, 0.1) is 11.8 Å². The third-order valence-electron chi connectivity index (χ3n) is 1.57. The standard InChI is InChI=1S/C9H12ClN3O2/c1-6(14)5-12-9(15)13-7-3-2-4-11-8(7)10/h2-4,6,14H,5H2,1H3,(H2,12,13,15).